The summed E-state index contributed by atoms with van der Waals surface area (Å²) in [7, 11) is 1.75. The summed E-state index contributed by atoms with van der Waals surface area (Å²) in [5, 5.41) is 7.35. The molecule has 2 N–H and O–H groups in total. The minimum Gasteiger partial charge on any atom is -0.433 e. The Morgan fingerprint density at radius 3 is 2.63 bits per heavy atom. The Kier molecular flexibility index (Phi) is 5.39. The quantitative estimate of drug-likeness (QED) is 0.628. The third-order valence-electron chi connectivity index (χ3n) is 4.49. The number of fused-ring (bicyclic) bond motifs is 1. The van der Waals surface area contributed by atoms with Gasteiger partial charge in [-0.05, 0) is 37.0 Å². The molecule has 3 aromatic rings. The summed E-state index contributed by atoms with van der Waals surface area (Å²) in [5.74, 6) is 6.96. The minimum atomic E-state index is -2.91. The first kappa shape index (κ1) is 19.5. The van der Waals surface area contributed by atoms with E-state index in [1.54, 1.807) is 25.5 Å². The van der Waals surface area contributed by atoms with Gasteiger partial charge in [0.2, 0.25) is 5.91 Å². The summed E-state index contributed by atoms with van der Waals surface area (Å²) in [6.45, 7) is -2.91. The topological polar surface area (TPSA) is 89.0 Å². The Morgan fingerprint density at radius 1 is 1.13 bits per heavy atom. The molecule has 9 heteroatoms. The molecular weight excluding hydrogens is 392 g/mol. The van der Waals surface area contributed by atoms with Gasteiger partial charge in [-0.3, -0.25) is 4.79 Å². The van der Waals surface area contributed by atoms with Crippen LogP contribution in [0.1, 0.15) is 24.1 Å². The Hall–Kier alpha value is -3.80. The van der Waals surface area contributed by atoms with Gasteiger partial charge < -0.3 is 15.4 Å². The van der Waals surface area contributed by atoms with Crippen LogP contribution < -0.4 is 15.4 Å². The SMILES string of the molecule is CNc1ncc(C#Cc2ccc(OC(F)F)cn2)c2cc(NC(=O)C3CC3)ncc12. The highest BCUT2D eigenvalue weighted by molar-refractivity contribution is 5.99. The van der Waals surface area contributed by atoms with Crippen LogP contribution in [-0.2, 0) is 4.79 Å². The van der Waals surface area contributed by atoms with Gasteiger partial charge in [0.25, 0.3) is 0 Å². The van der Waals surface area contributed by atoms with Crippen molar-refractivity contribution in [3.8, 4) is 17.6 Å². The van der Waals surface area contributed by atoms with Crippen LogP contribution in [0.25, 0.3) is 10.8 Å². The summed E-state index contributed by atoms with van der Waals surface area (Å²) < 4.78 is 28.8. The van der Waals surface area contributed by atoms with Crippen LogP contribution in [0, 0.1) is 17.8 Å². The fourth-order valence-electron chi connectivity index (χ4n) is 2.83. The molecule has 152 valence electrons. The molecule has 1 saturated carbocycles. The molecule has 1 fully saturated rings. The Balaban J connectivity index is 1.66. The maximum absolute atomic E-state index is 12.2. The largest absolute Gasteiger partial charge is 0.433 e. The van der Waals surface area contributed by atoms with Gasteiger partial charge >= 0.3 is 6.61 Å². The van der Waals surface area contributed by atoms with E-state index < -0.39 is 6.61 Å². The first-order valence-corrected chi connectivity index (χ1v) is 9.24. The fraction of sp³-hybridized carbons (Fsp3) is 0.238. The van der Waals surface area contributed by atoms with Crippen molar-refractivity contribution in [2.75, 3.05) is 17.7 Å². The lowest BCUT2D eigenvalue weighted by molar-refractivity contribution is -0.117. The predicted octanol–water partition coefficient (Wildman–Crippen LogP) is 3.42. The monoisotopic (exact) mass is 409 g/mol. The van der Waals surface area contributed by atoms with Crippen molar-refractivity contribution in [2.24, 2.45) is 5.92 Å². The van der Waals surface area contributed by atoms with Crippen LogP contribution in [0.2, 0.25) is 0 Å². The van der Waals surface area contributed by atoms with Gasteiger partial charge in [-0.25, -0.2) is 15.0 Å². The van der Waals surface area contributed by atoms with E-state index >= 15 is 0 Å². The van der Waals surface area contributed by atoms with Gasteiger partial charge in [0, 0.05) is 36.1 Å². The molecule has 1 aliphatic rings. The van der Waals surface area contributed by atoms with E-state index in [1.165, 1.54) is 18.3 Å². The molecule has 0 atom stereocenters. The van der Waals surface area contributed by atoms with E-state index in [0.29, 0.717) is 22.9 Å². The number of hydrogen-bond acceptors (Lipinski definition) is 6. The van der Waals surface area contributed by atoms with Crippen molar-refractivity contribution in [2.45, 2.75) is 19.5 Å². The van der Waals surface area contributed by atoms with E-state index in [-0.39, 0.29) is 17.6 Å². The van der Waals surface area contributed by atoms with Gasteiger partial charge in [0.1, 0.15) is 23.1 Å². The second kappa shape index (κ2) is 8.29. The van der Waals surface area contributed by atoms with Crippen LogP contribution in [-0.4, -0.2) is 34.5 Å². The van der Waals surface area contributed by atoms with Gasteiger partial charge in [-0.2, -0.15) is 8.78 Å². The zero-order chi connectivity index (χ0) is 21.1. The van der Waals surface area contributed by atoms with Crippen LogP contribution in [0.5, 0.6) is 5.75 Å². The first-order valence-electron chi connectivity index (χ1n) is 9.24. The molecule has 0 aliphatic heterocycles. The van der Waals surface area contributed by atoms with Gasteiger partial charge in [-0.1, -0.05) is 5.92 Å². The highest BCUT2D eigenvalue weighted by atomic mass is 19.3. The van der Waals surface area contributed by atoms with Crippen molar-refractivity contribution in [3.05, 3.63) is 48.0 Å². The van der Waals surface area contributed by atoms with E-state index in [2.05, 4.69) is 42.2 Å². The molecule has 4 rings (SSSR count). The van der Waals surface area contributed by atoms with Gasteiger partial charge in [-0.15, -0.1) is 0 Å². The average Bonchev–Trinajstić information content (AvgIpc) is 3.58. The highest BCUT2D eigenvalue weighted by Gasteiger charge is 2.29. The molecule has 3 heterocycles. The molecule has 1 aliphatic carbocycles. The number of alkyl halides is 2. The molecule has 30 heavy (non-hydrogen) atoms. The van der Waals surface area contributed by atoms with Crippen molar-refractivity contribution < 1.29 is 18.3 Å². The number of carbonyl (C=O) groups is 1. The van der Waals surface area contributed by atoms with Gasteiger partial charge in [0.15, 0.2) is 0 Å². The summed E-state index contributed by atoms with van der Waals surface area (Å²) in [6, 6.07) is 4.62. The Labute approximate surface area is 170 Å². The number of pyridine rings is 3. The number of anilines is 2. The normalized spacial score (nSPS) is 12.9. The summed E-state index contributed by atoms with van der Waals surface area (Å²) in [6.07, 6.45) is 6.24. The predicted molar refractivity (Wildman–Crippen MR) is 107 cm³/mol. The van der Waals surface area contributed by atoms with Crippen molar-refractivity contribution >= 4 is 28.3 Å². The maximum Gasteiger partial charge on any atom is 0.387 e. The lowest BCUT2D eigenvalue weighted by Gasteiger charge is -2.09. The molecule has 0 radical (unpaired) electrons. The van der Waals surface area contributed by atoms with Crippen molar-refractivity contribution in [1.29, 1.82) is 0 Å². The second-order valence-electron chi connectivity index (χ2n) is 6.66. The van der Waals surface area contributed by atoms with Crippen LogP contribution in [0.3, 0.4) is 0 Å². The van der Waals surface area contributed by atoms with E-state index in [0.717, 1.165) is 23.6 Å². The van der Waals surface area contributed by atoms with Gasteiger partial charge in [0.05, 0.1) is 11.8 Å². The summed E-state index contributed by atoms with van der Waals surface area (Å²) in [4.78, 5) is 24.7. The number of nitrogens with one attached hydrogen (secondary N) is 2. The molecule has 0 spiro atoms. The third kappa shape index (κ3) is 4.43. The number of rotatable bonds is 5. The zero-order valence-corrected chi connectivity index (χ0v) is 15.9. The van der Waals surface area contributed by atoms with Crippen molar-refractivity contribution in [1.82, 2.24) is 15.0 Å². The Morgan fingerprint density at radius 2 is 1.97 bits per heavy atom. The number of ether oxygens (including phenoxy) is 1. The number of nitrogens with zero attached hydrogens (tertiary/aromatic N) is 3. The van der Waals surface area contributed by atoms with Crippen molar-refractivity contribution in [3.63, 3.8) is 0 Å². The molecule has 1 amide bonds. The van der Waals surface area contributed by atoms with Crippen LogP contribution in [0.4, 0.5) is 20.4 Å². The number of carbonyl (C=O) groups excluding carboxylic acids is 1. The lowest BCUT2D eigenvalue weighted by atomic mass is 10.1. The molecule has 0 bridgehead atoms. The smallest absolute Gasteiger partial charge is 0.387 e. The summed E-state index contributed by atoms with van der Waals surface area (Å²) in [5.41, 5.74) is 1.00. The summed E-state index contributed by atoms with van der Waals surface area (Å²) >= 11 is 0. The molecule has 0 unspecified atom stereocenters. The van der Waals surface area contributed by atoms with E-state index in [1.807, 2.05) is 0 Å². The number of hydrogen-bond donors (Lipinski definition) is 2. The fourth-order valence-corrected chi connectivity index (χ4v) is 2.83. The molecule has 3 aromatic heterocycles. The maximum atomic E-state index is 12.2. The zero-order valence-electron chi connectivity index (χ0n) is 15.9. The van der Waals surface area contributed by atoms with Crippen LogP contribution >= 0.6 is 0 Å². The molecule has 0 aromatic carbocycles. The van der Waals surface area contributed by atoms with Crippen LogP contribution in [0.15, 0.2) is 36.8 Å². The molecular formula is C21H17F2N5O2. The number of halogens is 2. The first-order chi connectivity index (χ1) is 14.5. The highest BCUT2D eigenvalue weighted by Crippen LogP contribution is 2.31. The minimum absolute atomic E-state index is 0.0345. The Bertz CT molecular complexity index is 1150. The molecule has 7 nitrogen and oxygen atoms in total. The number of amides is 1. The van der Waals surface area contributed by atoms with E-state index in [9.17, 15) is 13.6 Å². The second-order valence-corrected chi connectivity index (χ2v) is 6.66. The average molecular weight is 409 g/mol. The van der Waals surface area contributed by atoms with E-state index in [4.69, 9.17) is 0 Å². The lowest BCUT2D eigenvalue weighted by Crippen LogP contribution is -2.14. The third-order valence-corrected chi connectivity index (χ3v) is 4.49. The molecule has 0 saturated heterocycles. The standard InChI is InChI=1S/C21H17F2N5O2/c1-24-19-17-11-26-18(28-20(29)12-2-3-12)8-16(17)13(9-27-19)4-5-14-6-7-15(10-25-14)30-21(22)23/h6-12,21H,2-3H2,1H3,(H,24,27)(H,26,28,29). The number of aromatic nitrogens is 3.